The summed E-state index contributed by atoms with van der Waals surface area (Å²) >= 11 is 0. The fourth-order valence-electron chi connectivity index (χ4n) is 4.57. The van der Waals surface area contributed by atoms with E-state index in [1.165, 1.54) is 0 Å². The van der Waals surface area contributed by atoms with Crippen molar-refractivity contribution in [3.05, 3.63) is 58.5 Å². The maximum atomic E-state index is 13.1. The monoisotopic (exact) mass is 419 g/mol. The predicted molar refractivity (Wildman–Crippen MR) is 119 cm³/mol. The van der Waals surface area contributed by atoms with Crippen molar-refractivity contribution in [3.8, 4) is 0 Å². The van der Waals surface area contributed by atoms with E-state index in [-0.39, 0.29) is 23.8 Å². The van der Waals surface area contributed by atoms with Crippen molar-refractivity contribution in [1.29, 1.82) is 0 Å². The minimum absolute atomic E-state index is 0.135. The number of fused-ring (bicyclic) bond motifs is 2. The number of likely N-dealkylation sites (tertiary alicyclic amines) is 1. The number of nitrogens with one attached hydrogen (secondary N) is 2. The van der Waals surface area contributed by atoms with Gasteiger partial charge in [0.25, 0.3) is 5.91 Å². The fourth-order valence-corrected chi connectivity index (χ4v) is 4.57. The number of aryl methyl sites for hydroxylation is 1. The Morgan fingerprint density at radius 2 is 2.06 bits per heavy atom. The molecule has 1 aliphatic carbocycles. The Bertz CT molecular complexity index is 1130. The van der Waals surface area contributed by atoms with Crippen LogP contribution in [0.3, 0.4) is 0 Å². The van der Waals surface area contributed by atoms with Crippen LogP contribution in [0.15, 0.2) is 46.3 Å². The van der Waals surface area contributed by atoms with Crippen molar-refractivity contribution < 1.29 is 9.21 Å². The predicted octanol–water partition coefficient (Wildman–Crippen LogP) is 4.15. The Morgan fingerprint density at radius 3 is 2.87 bits per heavy atom. The largest absolute Gasteiger partial charge is 0.447 e. The van der Waals surface area contributed by atoms with E-state index in [1.807, 2.05) is 24.3 Å². The SMILES string of the molecule is CN1CCC(NC(=O)c2oc3cnccc3c2Nc2ccc3c(c2)CCC3N=O)CC1. The van der Waals surface area contributed by atoms with Gasteiger partial charge in [0, 0.05) is 23.3 Å². The van der Waals surface area contributed by atoms with Crippen molar-refractivity contribution in [3.63, 3.8) is 0 Å². The molecular formula is C23H25N5O3. The molecular weight excluding hydrogens is 394 g/mol. The molecule has 2 aliphatic rings. The molecule has 3 aromatic rings. The lowest BCUT2D eigenvalue weighted by atomic mass is 10.1. The normalized spacial score (nSPS) is 19.3. The van der Waals surface area contributed by atoms with E-state index in [1.54, 1.807) is 12.4 Å². The molecule has 8 nitrogen and oxygen atoms in total. The number of piperidine rings is 1. The minimum Gasteiger partial charge on any atom is -0.447 e. The molecule has 31 heavy (non-hydrogen) atoms. The maximum Gasteiger partial charge on any atom is 0.289 e. The van der Waals surface area contributed by atoms with Crippen LogP contribution in [0, 0.1) is 4.91 Å². The van der Waals surface area contributed by atoms with Crippen molar-refractivity contribution in [1.82, 2.24) is 15.2 Å². The number of anilines is 2. The van der Waals surface area contributed by atoms with E-state index < -0.39 is 0 Å². The number of benzene rings is 1. The summed E-state index contributed by atoms with van der Waals surface area (Å²) in [5.41, 5.74) is 4.14. The van der Waals surface area contributed by atoms with Crippen LogP contribution < -0.4 is 10.6 Å². The zero-order valence-corrected chi connectivity index (χ0v) is 17.4. The van der Waals surface area contributed by atoms with E-state index in [4.69, 9.17) is 4.42 Å². The molecule has 0 saturated carbocycles. The topological polar surface area (TPSA) is 99.8 Å². The summed E-state index contributed by atoms with van der Waals surface area (Å²) in [6.45, 7) is 1.93. The number of carbonyl (C=O) groups excluding carboxylic acids is 1. The Morgan fingerprint density at radius 1 is 1.23 bits per heavy atom. The molecule has 2 N–H and O–H groups in total. The molecule has 1 atom stereocenters. The molecule has 1 amide bonds. The first kappa shape index (κ1) is 19.7. The van der Waals surface area contributed by atoms with E-state index in [9.17, 15) is 9.70 Å². The zero-order chi connectivity index (χ0) is 21.4. The summed E-state index contributed by atoms with van der Waals surface area (Å²) < 4.78 is 5.92. The lowest BCUT2D eigenvalue weighted by molar-refractivity contribution is 0.0892. The molecule has 0 bridgehead atoms. The van der Waals surface area contributed by atoms with Crippen LogP contribution in [0.25, 0.3) is 11.0 Å². The minimum atomic E-state index is -0.263. The van der Waals surface area contributed by atoms with E-state index in [0.717, 1.165) is 61.0 Å². The van der Waals surface area contributed by atoms with Gasteiger partial charge in [0.05, 0.1) is 11.9 Å². The molecule has 0 radical (unpaired) electrons. The van der Waals surface area contributed by atoms with Crippen LogP contribution in [-0.4, -0.2) is 42.0 Å². The number of nitroso groups, excluding NO2 is 1. The lowest BCUT2D eigenvalue weighted by Crippen LogP contribution is -2.43. The first-order chi connectivity index (χ1) is 15.1. The highest BCUT2D eigenvalue weighted by Crippen LogP contribution is 2.38. The number of aromatic nitrogens is 1. The van der Waals surface area contributed by atoms with E-state index in [2.05, 4.69) is 32.7 Å². The van der Waals surface area contributed by atoms with Gasteiger partial charge in [-0.05, 0) is 75.1 Å². The van der Waals surface area contributed by atoms with Crippen LogP contribution in [0.2, 0.25) is 0 Å². The highest BCUT2D eigenvalue weighted by atomic mass is 16.3. The number of amides is 1. The first-order valence-corrected chi connectivity index (χ1v) is 10.7. The summed E-state index contributed by atoms with van der Waals surface area (Å²) in [5.74, 6) is 0.0366. The summed E-state index contributed by atoms with van der Waals surface area (Å²) in [5, 5.41) is 10.5. The van der Waals surface area contributed by atoms with Gasteiger partial charge in [0.2, 0.25) is 5.76 Å². The molecule has 1 saturated heterocycles. The van der Waals surface area contributed by atoms with Gasteiger partial charge in [-0.15, -0.1) is 0 Å². The number of rotatable bonds is 5. The Hall–Kier alpha value is -3.26. The summed E-state index contributed by atoms with van der Waals surface area (Å²) in [4.78, 5) is 30.5. The van der Waals surface area contributed by atoms with Gasteiger partial charge in [-0.1, -0.05) is 11.2 Å². The molecule has 8 heteroatoms. The number of hydrogen-bond donors (Lipinski definition) is 2. The Kier molecular flexibility index (Phi) is 5.15. The van der Waals surface area contributed by atoms with Crippen molar-refractivity contribution in [2.75, 3.05) is 25.5 Å². The third-order valence-electron chi connectivity index (χ3n) is 6.34. The smallest absolute Gasteiger partial charge is 0.289 e. The van der Waals surface area contributed by atoms with Crippen LogP contribution >= 0.6 is 0 Å². The van der Waals surface area contributed by atoms with Gasteiger partial charge in [-0.3, -0.25) is 9.78 Å². The molecule has 1 unspecified atom stereocenters. The molecule has 1 fully saturated rings. The summed E-state index contributed by atoms with van der Waals surface area (Å²) in [7, 11) is 2.09. The number of pyridine rings is 1. The van der Waals surface area contributed by atoms with Gasteiger partial charge in [-0.25, -0.2) is 0 Å². The highest BCUT2D eigenvalue weighted by molar-refractivity contribution is 6.07. The second-order valence-electron chi connectivity index (χ2n) is 8.43. The van der Waals surface area contributed by atoms with Crippen LogP contribution in [-0.2, 0) is 6.42 Å². The number of furan rings is 1. The number of nitrogens with zero attached hydrogens (tertiary/aromatic N) is 3. The Labute approximate surface area is 180 Å². The van der Waals surface area contributed by atoms with Gasteiger partial charge in [0.15, 0.2) is 5.58 Å². The highest BCUT2D eigenvalue weighted by Gasteiger charge is 2.26. The quantitative estimate of drug-likeness (QED) is 0.603. The van der Waals surface area contributed by atoms with Crippen molar-refractivity contribution >= 4 is 28.3 Å². The summed E-state index contributed by atoms with van der Waals surface area (Å²) in [6.07, 6.45) is 6.71. The second kappa shape index (κ2) is 8.11. The molecule has 3 heterocycles. The van der Waals surface area contributed by atoms with Gasteiger partial charge < -0.3 is 20.0 Å². The second-order valence-corrected chi connectivity index (χ2v) is 8.43. The first-order valence-electron chi connectivity index (χ1n) is 10.7. The van der Waals surface area contributed by atoms with E-state index >= 15 is 0 Å². The molecule has 0 spiro atoms. The number of carbonyl (C=O) groups is 1. The molecule has 5 rings (SSSR count). The third kappa shape index (κ3) is 3.79. The van der Waals surface area contributed by atoms with Crippen molar-refractivity contribution in [2.45, 2.75) is 37.8 Å². The van der Waals surface area contributed by atoms with Crippen LogP contribution in [0.5, 0.6) is 0 Å². The fraction of sp³-hybridized carbons (Fsp3) is 0.391. The average molecular weight is 419 g/mol. The van der Waals surface area contributed by atoms with E-state index in [0.29, 0.717) is 11.3 Å². The molecule has 160 valence electrons. The zero-order valence-electron chi connectivity index (χ0n) is 17.4. The van der Waals surface area contributed by atoms with Crippen LogP contribution in [0.1, 0.15) is 47.0 Å². The van der Waals surface area contributed by atoms with Gasteiger partial charge in [-0.2, -0.15) is 4.91 Å². The lowest BCUT2D eigenvalue weighted by Gasteiger charge is -2.29. The molecule has 1 aromatic carbocycles. The number of hydrogen-bond acceptors (Lipinski definition) is 7. The van der Waals surface area contributed by atoms with Gasteiger partial charge >= 0.3 is 0 Å². The van der Waals surface area contributed by atoms with Crippen LogP contribution in [0.4, 0.5) is 11.4 Å². The molecule has 1 aliphatic heterocycles. The molecule has 2 aromatic heterocycles. The summed E-state index contributed by atoms with van der Waals surface area (Å²) in [6, 6.07) is 7.60. The maximum absolute atomic E-state index is 13.1. The standard InChI is InChI=1S/C23H25N5O3/c1-28-10-7-15(8-11-28)26-23(29)22-21(18-6-9-24-13-20(18)31-22)25-16-3-4-17-14(12-16)2-5-19(17)27-30/h3-4,6,9,12-13,15,19,25H,2,5,7-8,10-11H2,1H3,(H,26,29). The Balaban J connectivity index is 1.44. The average Bonchev–Trinajstić information content (AvgIpc) is 3.36. The van der Waals surface area contributed by atoms with Gasteiger partial charge in [0.1, 0.15) is 6.04 Å². The third-order valence-corrected chi connectivity index (χ3v) is 6.34. The van der Waals surface area contributed by atoms with Crippen molar-refractivity contribution in [2.24, 2.45) is 5.18 Å².